The maximum Gasteiger partial charge on any atom is 0.230 e. The van der Waals surface area contributed by atoms with Crippen LogP contribution < -0.4 is 5.32 Å². The minimum Gasteiger partial charge on any atom is -0.355 e. The molecule has 4 nitrogen and oxygen atoms in total. The van der Waals surface area contributed by atoms with Crippen LogP contribution in [0.15, 0.2) is 39.0 Å². The van der Waals surface area contributed by atoms with Crippen molar-refractivity contribution in [2.75, 3.05) is 18.1 Å². The van der Waals surface area contributed by atoms with E-state index in [-0.39, 0.29) is 5.91 Å². The molecule has 7 heteroatoms. The van der Waals surface area contributed by atoms with E-state index in [4.69, 9.17) is 0 Å². The summed E-state index contributed by atoms with van der Waals surface area (Å²) in [5.74, 6) is 1.49. The molecular weight excluding hydrogens is 334 g/mol. The van der Waals surface area contributed by atoms with Crippen LogP contribution in [0.5, 0.6) is 0 Å². The lowest BCUT2D eigenvalue weighted by atomic mass is 10.1. The van der Waals surface area contributed by atoms with Gasteiger partial charge in [-0.05, 0) is 18.4 Å². The van der Waals surface area contributed by atoms with Crippen molar-refractivity contribution >= 4 is 40.8 Å². The summed E-state index contributed by atoms with van der Waals surface area (Å²) >= 11 is 4.73. The Morgan fingerprint density at radius 3 is 2.64 bits per heavy atom. The highest BCUT2D eigenvalue weighted by molar-refractivity contribution is 8.03. The fourth-order valence-corrected chi connectivity index (χ4v) is 4.45. The number of hydrogen-bond acceptors (Lipinski definition) is 6. The highest BCUT2D eigenvalue weighted by Crippen LogP contribution is 2.28. The maximum atomic E-state index is 11.8. The molecule has 1 heterocycles. The van der Waals surface area contributed by atoms with Crippen LogP contribution in [0.2, 0.25) is 0 Å². The number of amides is 1. The number of carbonyl (C=O) groups excluding carboxylic acids is 1. The summed E-state index contributed by atoms with van der Waals surface area (Å²) < 4.78 is 1.84. The molecule has 118 valence electrons. The first-order valence-corrected chi connectivity index (χ1v) is 9.96. The van der Waals surface area contributed by atoms with Gasteiger partial charge in [0.1, 0.15) is 0 Å². The van der Waals surface area contributed by atoms with Gasteiger partial charge in [0.2, 0.25) is 5.91 Å². The Bertz CT molecular complexity index is 574. The zero-order valence-corrected chi connectivity index (χ0v) is 14.9. The van der Waals surface area contributed by atoms with E-state index in [0.717, 1.165) is 27.3 Å². The van der Waals surface area contributed by atoms with Crippen LogP contribution in [0, 0.1) is 0 Å². The lowest BCUT2D eigenvalue weighted by Crippen LogP contribution is -2.27. The number of nitrogens with one attached hydrogen (secondary N) is 1. The van der Waals surface area contributed by atoms with Crippen LogP contribution in [-0.4, -0.2) is 34.2 Å². The number of hydrogen-bond donors (Lipinski definition) is 1. The number of thioether (sulfide) groups is 2. The van der Waals surface area contributed by atoms with E-state index in [1.807, 2.05) is 18.2 Å². The van der Waals surface area contributed by atoms with Gasteiger partial charge in [0.05, 0.1) is 5.75 Å². The second kappa shape index (κ2) is 9.86. The van der Waals surface area contributed by atoms with Crippen molar-refractivity contribution in [1.82, 2.24) is 15.5 Å². The third-order valence-corrected chi connectivity index (χ3v) is 6.12. The molecule has 0 spiro atoms. The van der Waals surface area contributed by atoms with Gasteiger partial charge in [-0.1, -0.05) is 72.1 Å². The lowest BCUT2D eigenvalue weighted by molar-refractivity contribution is -0.118. The quantitative estimate of drug-likeness (QED) is 0.699. The summed E-state index contributed by atoms with van der Waals surface area (Å²) in [5.41, 5.74) is 1.23. The zero-order chi connectivity index (χ0) is 15.6. The second-order valence-corrected chi connectivity index (χ2v) is 8.10. The molecule has 0 aliphatic rings. The van der Waals surface area contributed by atoms with Gasteiger partial charge in [0.15, 0.2) is 8.68 Å². The van der Waals surface area contributed by atoms with Crippen LogP contribution in [0.3, 0.4) is 0 Å². The summed E-state index contributed by atoms with van der Waals surface area (Å²) in [6.07, 6.45) is 1.98. The van der Waals surface area contributed by atoms with Gasteiger partial charge < -0.3 is 5.32 Å². The molecule has 0 saturated heterocycles. The molecule has 0 aliphatic carbocycles. The minimum absolute atomic E-state index is 0.0406. The molecule has 22 heavy (non-hydrogen) atoms. The molecule has 0 saturated carbocycles. The number of rotatable bonds is 9. The number of benzene rings is 1. The Labute approximate surface area is 143 Å². The second-order valence-electron chi connectivity index (χ2n) is 4.56. The monoisotopic (exact) mass is 353 g/mol. The van der Waals surface area contributed by atoms with Crippen molar-refractivity contribution in [2.45, 2.75) is 28.4 Å². The molecule has 0 bridgehead atoms. The SMILES string of the molecule is CCCSc1nnc(SCC(=O)NCCc2ccccc2)s1. The fourth-order valence-electron chi connectivity index (χ4n) is 1.67. The van der Waals surface area contributed by atoms with Crippen molar-refractivity contribution in [3.8, 4) is 0 Å². The summed E-state index contributed by atoms with van der Waals surface area (Å²) in [6, 6.07) is 10.1. The minimum atomic E-state index is 0.0406. The van der Waals surface area contributed by atoms with Crippen LogP contribution in [0.1, 0.15) is 18.9 Å². The Kier molecular flexibility index (Phi) is 7.76. The first-order valence-electron chi connectivity index (χ1n) is 7.17. The maximum absolute atomic E-state index is 11.8. The number of aromatic nitrogens is 2. The molecule has 0 aliphatic heterocycles. The third kappa shape index (κ3) is 6.37. The van der Waals surface area contributed by atoms with Crippen LogP contribution in [0.25, 0.3) is 0 Å². The zero-order valence-electron chi connectivity index (χ0n) is 12.4. The lowest BCUT2D eigenvalue weighted by Gasteiger charge is -2.04. The molecule has 1 amide bonds. The number of carbonyl (C=O) groups is 1. The van der Waals surface area contributed by atoms with Crippen LogP contribution >= 0.6 is 34.9 Å². The molecule has 0 unspecified atom stereocenters. The smallest absolute Gasteiger partial charge is 0.230 e. The summed E-state index contributed by atoms with van der Waals surface area (Å²) in [6.45, 7) is 2.81. The molecule has 1 aromatic carbocycles. The van der Waals surface area contributed by atoms with Gasteiger partial charge in [-0.15, -0.1) is 10.2 Å². The average molecular weight is 354 g/mol. The Hall–Kier alpha value is -1.05. The molecule has 2 aromatic rings. The summed E-state index contributed by atoms with van der Waals surface area (Å²) in [7, 11) is 0. The van der Waals surface area contributed by atoms with Crippen molar-refractivity contribution in [3.63, 3.8) is 0 Å². The highest BCUT2D eigenvalue weighted by Gasteiger charge is 2.08. The topological polar surface area (TPSA) is 54.9 Å². The van der Waals surface area contributed by atoms with Crippen molar-refractivity contribution in [3.05, 3.63) is 35.9 Å². The molecule has 2 rings (SSSR count). The molecular formula is C15H19N3OS3. The molecule has 0 radical (unpaired) electrons. The van der Waals surface area contributed by atoms with Gasteiger partial charge in [0.25, 0.3) is 0 Å². The largest absolute Gasteiger partial charge is 0.355 e. The van der Waals surface area contributed by atoms with Crippen molar-refractivity contribution in [2.24, 2.45) is 0 Å². The van der Waals surface area contributed by atoms with E-state index < -0.39 is 0 Å². The van der Waals surface area contributed by atoms with E-state index in [1.165, 1.54) is 17.3 Å². The van der Waals surface area contributed by atoms with Crippen LogP contribution in [0.4, 0.5) is 0 Å². The van der Waals surface area contributed by atoms with Crippen LogP contribution in [-0.2, 0) is 11.2 Å². The predicted molar refractivity (Wildman–Crippen MR) is 94.8 cm³/mol. The summed E-state index contributed by atoms with van der Waals surface area (Å²) in [4.78, 5) is 11.8. The third-order valence-electron chi connectivity index (χ3n) is 2.72. The van der Waals surface area contributed by atoms with E-state index in [1.54, 1.807) is 23.1 Å². The molecule has 1 N–H and O–H groups in total. The summed E-state index contributed by atoms with van der Waals surface area (Å²) in [5, 5.41) is 11.1. The first-order chi connectivity index (χ1) is 10.8. The number of nitrogens with zero attached hydrogens (tertiary/aromatic N) is 2. The van der Waals surface area contributed by atoms with Crippen molar-refractivity contribution < 1.29 is 4.79 Å². The Morgan fingerprint density at radius 2 is 1.91 bits per heavy atom. The van der Waals surface area contributed by atoms with Gasteiger partial charge in [0, 0.05) is 12.3 Å². The Morgan fingerprint density at radius 1 is 1.18 bits per heavy atom. The average Bonchev–Trinajstić information content (AvgIpc) is 3.00. The van der Waals surface area contributed by atoms with E-state index in [2.05, 4.69) is 34.6 Å². The van der Waals surface area contributed by atoms with Crippen molar-refractivity contribution in [1.29, 1.82) is 0 Å². The normalized spacial score (nSPS) is 10.6. The first kappa shape index (κ1) is 17.3. The predicted octanol–water partition coefficient (Wildman–Crippen LogP) is 3.49. The fraction of sp³-hybridized carbons (Fsp3) is 0.400. The van der Waals surface area contributed by atoms with Gasteiger partial charge in [-0.25, -0.2) is 0 Å². The Balaban J connectivity index is 1.64. The molecule has 0 atom stereocenters. The van der Waals surface area contributed by atoms with Gasteiger partial charge >= 0.3 is 0 Å². The van der Waals surface area contributed by atoms with Gasteiger partial charge in [-0.3, -0.25) is 4.79 Å². The highest BCUT2D eigenvalue weighted by atomic mass is 32.2. The van der Waals surface area contributed by atoms with E-state index in [9.17, 15) is 4.79 Å². The van der Waals surface area contributed by atoms with Gasteiger partial charge in [-0.2, -0.15) is 0 Å². The standard InChI is InChI=1S/C15H19N3OS3/c1-2-10-20-14-17-18-15(22-14)21-11-13(19)16-9-8-12-6-4-3-5-7-12/h3-7H,2,8-11H2,1H3,(H,16,19). The van der Waals surface area contributed by atoms with E-state index in [0.29, 0.717) is 12.3 Å². The van der Waals surface area contributed by atoms with E-state index >= 15 is 0 Å². The molecule has 0 fully saturated rings. The molecule has 1 aromatic heterocycles.